The van der Waals surface area contributed by atoms with Crippen molar-refractivity contribution in [2.45, 2.75) is 57.7 Å². The van der Waals surface area contributed by atoms with Gasteiger partial charge in [-0.1, -0.05) is 38.0 Å². The van der Waals surface area contributed by atoms with Crippen molar-refractivity contribution >= 4 is 27.5 Å². The minimum absolute atomic E-state index is 0.00559. The highest BCUT2D eigenvalue weighted by molar-refractivity contribution is 7.92. The lowest BCUT2D eigenvalue weighted by Gasteiger charge is -2.33. The van der Waals surface area contributed by atoms with Gasteiger partial charge in [0.2, 0.25) is 21.8 Å². The largest absolute Gasteiger partial charge is 0.352 e. The van der Waals surface area contributed by atoms with Crippen LogP contribution in [-0.2, 0) is 26.2 Å². The summed E-state index contributed by atoms with van der Waals surface area (Å²) in [6.07, 6.45) is 5.02. The monoisotopic (exact) mass is 507 g/mol. The Kier molecular flexibility index (Phi) is 8.82. The summed E-state index contributed by atoms with van der Waals surface area (Å²) < 4.78 is 53.1. The third kappa shape index (κ3) is 7.24. The van der Waals surface area contributed by atoms with E-state index < -0.39 is 40.2 Å². The molecule has 0 aromatic heterocycles. The first-order chi connectivity index (χ1) is 16.6. The van der Waals surface area contributed by atoms with Gasteiger partial charge in [-0.2, -0.15) is 0 Å². The van der Waals surface area contributed by atoms with Crippen LogP contribution in [0, 0.1) is 11.6 Å². The maximum absolute atomic E-state index is 13.8. The molecular weight excluding hydrogens is 476 g/mol. The number of carbonyl (C=O) groups excluding carboxylic acids is 2. The predicted molar refractivity (Wildman–Crippen MR) is 130 cm³/mol. The molecule has 2 amide bonds. The lowest BCUT2D eigenvalue weighted by Crippen LogP contribution is -2.53. The predicted octanol–water partition coefficient (Wildman–Crippen LogP) is 3.60. The molecule has 1 atom stereocenters. The second-order valence-electron chi connectivity index (χ2n) is 8.81. The fourth-order valence-corrected chi connectivity index (χ4v) is 5.16. The molecule has 1 saturated carbocycles. The molecule has 0 spiro atoms. The number of carbonyl (C=O) groups is 2. The molecule has 0 aliphatic heterocycles. The molecule has 2 aromatic rings. The van der Waals surface area contributed by atoms with Gasteiger partial charge in [-0.15, -0.1) is 0 Å². The molecule has 1 aliphatic carbocycles. The van der Waals surface area contributed by atoms with Crippen LogP contribution in [0.5, 0.6) is 0 Å². The van der Waals surface area contributed by atoms with Crippen molar-refractivity contribution in [3.05, 3.63) is 65.7 Å². The molecule has 3 rings (SSSR count). The molecule has 35 heavy (non-hydrogen) atoms. The van der Waals surface area contributed by atoms with Gasteiger partial charge in [-0.05, 0) is 55.2 Å². The van der Waals surface area contributed by atoms with Crippen LogP contribution in [0.1, 0.15) is 44.6 Å². The summed E-state index contributed by atoms with van der Waals surface area (Å²) in [5.41, 5.74) is 0.592. The maximum atomic E-state index is 13.8. The highest BCUT2D eigenvalue weighted by Gasteiger charge is 2.33. The van der Waals surface area contributed by atoms with Gasteiger partial charge in [0, 0.05) is 12.6 Å². The lowest BCUT2D eigenvalue weighted by atomic mass is 10.1. The van der Waals surface area contributed by atoms with Gasteiger partial charge >= 0.3 is 0 Å². The Labute approximate surface area is 205 Å². The van der Waals surface area contributed by atoms with Gasteiger partial charge in [-0.3, -0.25) is 13.9 Å². The summed E-state index contributed by atoms with van der Waals surface area (Å²) >= 11 is 0. The van der Waals surface area contributed by atoms with E-state index in [9.17, 15) is 26.8 Å². The molecule has 0 heterocycles. The number of hydrogen-bond donors (Lipinski definition) is 1. The quantitative estimate of drug-likeness (QED) is 0.533. The normalized spacial score (nSPS) is 15.0. The van der Waals surface area contributed by atoms with Crippen molar-refractivity contribution in [2.24, 2.45) is 0 Å². The van der Waals surface area contributed by atoms with E-state index in [4.69, 9.17) is 0 Å². The van der Waals surface area contributed by atoms with E-state index in [1.165, 1.54) is 47.4 Å². The average Bonchev–Trinajstić information content (AvgIpc) is 3.30. The summed E-state index contributed by atoms with van der Waals surface area (Å²) in [6.45, 7) is 1.14. The van der Waals surface area contributed by atoms with Crippen molar-refractivity contribution in [3.8, 4) is 0 Å². The SMILES string of the molecule is CC[C@@H](C(=O)NC1CCCC1)N(Cc1ccc(F)cc1)C(=O)CN(c1cccc(F)c1)S(C)(=O)=O. The Morgan fingerprint density at radius 1 is 1.06 bits per heavy atom. The zero-order valence-electron chi connectivity index (χ0n) is 19.9. The van der Waals surface area contributed by atoms with Crippen LogP contribution < -0.4 is 9.62 Å². The first-order valence-corrected chi connectivity index (χ1v) is 13.5. The molecule has 1 aliphatic rings. The molecule has 0 bridgehead atoms. The second kappa shape index (κ2) is 11.6. The zero-order chi connectivity index (χ0) is 25.6. The first kappa shape index (κ1) is 26.6. The topological polar surface area (TPSA) is 86.8 Å². The highest BCUT2D eigenvalue weighted by atomic mass is 32.2. The third-order valence-electron chi connectivity index (χ3n) is 6.13. The van der Waals surface area contributed by atoms with Crippen LogP contribution in [-0.4, -0.2) is 50.0 Å². The summed E-state index contributed by atoms with van der Waals surface area (Å²) in [4.78, 5) is 28.0. The van der Waals surface area contributed by atoms with Gasteiger partial charge < -0.3 is 10.2 Å². The summed E-state index contributed by atoms with van der Waals surface area (Å²) in [7, 11) is -3.94. The van der Waals surface area contributed by atoms with Gasteiger partial charge in [0.25, 0.3) is 0 Å². The number of sulfonamides is 1. The fraction of sp³-hybridized carbons (Fsp3) is 0.440. The second-order valence-corrected chi connectivity index (χ2v) is 10.7. The smallest absolute Gasteiger partial charge is 0.244 e. The van der Waals surface area contributed by atoms with Crippen molar-refractivity contribution in [3.63, 3.8) is 0 Å². The highest BCUT2D eigenvalue weighted by Crippen LogP contribution is 2.22. The van der Waals surface area contributed by atoms with Gasteiger partial charge in [0.05, 0.1) is 11.9 Å². The molecular formula is C25H31F2N3O4S. The number of rotatable bonds is 10. The average molecular weight is 508 g/mol. The number of nitrogens with zero attached hydrogens (tertiary/aromatic N) is 2. The van der Waals surface area contributed by atoms with Crippen LogP contribution in [0.3, 0.4) is 0 Å². The van der Waals surface area contributed by atoms with E-state index >= 15 is 0 Å². The maximum Gasteiger partial charge on any atom is 0.244 e. The molecule has 10 heteroatoms. The van der Waals surface area contributed by atoms with Crippen LogP contribution in [0.25, 0.3) is 0 Å². The van der Waals surface area contributed by atoms with Crippen molar-refractivity contribution < 1.29 is 26.8 Å². The Hall–Kier alpha value is -3.01. The Morgan fingerprint density at radius 3 is 2.29 bits per heavy atom. The molecule has 1 N–H and O–H groups in total. The summed E-state index contributed by atoms with van der Waals surface area (Å²) in [6, 6.07) is 9.67. The van der Waals surface area contributed by atoms with E-state index in [0.717, 1.165) is 42.3 Å². The number of amides is 2. The van der Waals surface area contributed by atoms with E-state index in [1.807, 2.05) is 0 Å². The van der Waals surface area contributed by atoms with E-state index in [1.54, 1.807) is 6.92 Å². The van der Waals surface area contributed by atoms with Crippen LogP contribution in [0.4, 0.5) is 14.5 Å². The standard InChI is InChI=1S/C25H31F2N3O4S/c1-3-23(25(32)28-21-8-4-5-9-21)29(16-18-11-13-19(26)14-12-18)24(31)17-30(35(2,33)34)22-10-6-7-20(27)15-22/h6-7,10-15,21,23H,3-5,8-9,16-17H2,1-2H3,(H,28,32)/t23-/m0/s1. The third-order valence-corrected chi connectivity index (χ3v) is 7.27. The summed E-state index contributed by atoms with van der Waals surface area (Å²) in [5.74, 6) is -2.02. The molecule has 0 saturated heterocycles. The fourth-order valence-electron chi connectivity index (χ4n) is 4.32. The Morgan fingerprint density at radius 2 is 1.71 bits per heavy atom. The summed E-state index contributed by atoms with van der Waals surface area (Å²) in [5, 5.41) is 3.01. The van der Waals surface area contributed by atoms with Crippen LogP contribution in [0.2, 0.25) is 0 Å². The zero-order valence-corrected chi connectivity index (χ0v) is 20.7. The van der Waals surface area contributed by atoms with Gasteiger partial charge in [0.15, 0.2) is 0 Å². The van der Waals surface area contributed by atoms with Crippen LogP contribution in [0.15, 0.2) is 48.5 Å². The van der Waals surface area contributed by atoms with E-state index in [-0.39, 0.29) is 24.2 Å². The van der Waals surface area contributed by atoms with Crippen LogP contribution >= 0.6 is 0 Å². The molecule has 7 nitrogen and oxygen atoms in total. The van der Waals surface area contributed by atoms with Gasteiger partial charge in [0.1, 0.15) is 24.2 Å². The molecule has 2 aromatic carbocycles. The Balaban J connectivity index is 1.91. The molecule has 0 radical (unpaired) electrons. The van der Waals surface area contributed by atoms with E-state index in [0.29, 0.717) is 12.0 Å². The number of anilines is 1. The first-order valence-electron chi connectivity index (χ1n) is 11.7. The molecule has 0 unspecified atom stereocenters. The van der Waals surface area contributed by atoms with Crippen molar-refractivity contribution in [2.75, 3.05) is 17.1 Å². The minimum atomic E-state index is -3.94. The Bertz CT molecular complexity index is 1140. The molecule has 1 fully saturated rings. The molecule has 190 valence electrons. The lowest BCUT2D eigenvalue weighted by molar-refractivity contribution is -0.140. The van der Waals surface area contributed by atoms with E-state index in [2.05, 4.69) is 5.32 Å². The number of benzene rings is 2. The number of nitrogens with one attached hydrogen (secondary N) is 1. The minimum Gasteiger partial charge on any atom is -0.352 e. The van der Waals surface area contributed by atoms with Gasteiger partial charge in [-0.25, -0.2) is 17.2 Å². The number of hydrogen-bond acceptors (Lipinski definition) is 4. The van der Waals surface area contributed by atoms with Crippen molar-refractivity contribution in [1.82, 2.24) is 10.2 Å². The number of halogens is 2. The van der Waals surface area contributed by atoms with Crippen molar-refractivity contribution in [1.29, 1.82) is 0 Å².